The lowest BCUT2D eigenvalue weighted by atomic mass is 9.78. The van der Waals surface area contributed by atoms with Crippen LogP contribution in [-0.2, 0) is 12.8 Å². The Morgan fingerprint density at radius 3 is 2.24 bits per heavy atom. The molecule has 1 aliphatic carbocycles. The first kappa shape index (κ1) is 24.3. The molecule has 34 heavy (non-hydrogen) atoms. The normalized spacial score (nSPS) is 18.1. The van der Waals surface area contributed by atoms with Gasteiger partial charge in [-0.15, -0.1) is 0 Å². The molecule has 0 saturated heterocycles. The molecule has 0 radical (unpaired) electrons. The molecule has 0 aliphatic heterocycles. The van der Waals surface area contributed by atoms with E-state index in [1.54, 1.807) is 24.3 Å². The molecular weight excluding hydrogens is 437 g/mol. The molecule has 1 N–H and O–H groups in total. The number of hydrogen-bond donors (Lipinski definition) is 1. The van der Waals surface area contributed by atoms with Gasteiger partial charge in [-0.1, -0.05) is 36.4 Å². The van der Waals surface area contributed by atoms with Gasteiger partial charge in [-0.05, 0) is 91.7 Å². The number of ether oxygens (including phenoxy) is 1. The Bertz CT molecular complexity index is 1100. The van der Waals surface area contributed by atoms with E-state index < -0.39 is 11.6 Å². The number of aliphatic hydroxyl groups is 1. The Morgan fingerprint density at radius 1 is 0.853 bits per heavy atom. The quantitative estimate of drug-likeness (QED) is 0.378. The van der Waals surface area contributed by atoms with Crippen molar-refractivity contribution in [2.45, 2.75) is 51.4 Å². The Balaban J connectivity index is 1.40. The van der Waals surface area contributed by atoms with Crippen LogP contribution in [0.5, 0.6) is 5.75 Å². The van der Waals surface area contributed by atoms with E-state index in [4.69, 9.17) is 4.74 Å². The van der Waals surface area contributed by atoms with E-state index in [1.165, 1.54) is 6.07 Å². The molecule has 4 rings (SSSR count). The highest BCUT2D eigenvalue weighted by Crippen LogP contribution is 2.37. The van der Waals surface area contributed by atoms with E-state index in [0.717, 1.165) is 36.8 Å². The summed E-state index contributed by atoms with van der Waals surface area (Å²) in [6.07, 6.45) is 4.20. The monoisotopic (exact) mass is 468 g/mol. The van der Waals surface area contributed by atoms with Crippen LogP contribution in [0.25, 0.3) is 11.1 Å². The predicted molar refractivity (Wildman–Crippen MR) is 129 cm³/mol. The molecule has 0 bridgehead atoms. The molecule has 0 amide bonds. The molecule has 1 fully saturated rings. The van der Waals surface area contributed by atoms with Crippen molar-refractivity contribution in [1.29, 1.82) is 0 Å². The van der Waals surface area contributed by atoms with Crippen molar-refractivity contribution in [1.82, 2.24) is 0 Å². The molecule has 0 atom stereocenters. The fourth-order valence-electron chi connectivity index (χ4n) is 4.89. The number of benzene rings is 3. The number of rotatable bonds is 8. The first-order valence-electron chi connectivity index (χ1n) is 12.1. The lowest BCUT2D eigenvalue weighted by Gasteiger charge is -2.28. The SMILES string of the molecule is CCOc1ccc(-c2ccc(CCc3ccc(C4CCC(CO)CC4)c(F)c3F)cc2)c(F)c1. The number of aryl methyl sites for hydroxylation is 2. The van der Waals surface area contributed by atoms with Gasteiger partial charge in [0.2, 0.25) is 0 Å². The van der Waals surface area contributed by atoms with Crippen LogP contribution in [0.1, 0.15) is 55.2 Å². The van der Waals surface area contributed by atoms with Crippen LogP contribution in [0.4, 0.5) is 13.2 Å². The van der Waals surface area contributed by atoms with Crippen LogP contribution in [0, 0.1) is 23.4 Å². The predicted octanol–water partition coefficient (Wildman–Crippen LogP) is 7.22. The van der Waals surface area contributed by atoms with Gasteiger partial charge in [-0.25, -0.2) is 13.2 Å². The third-order valence-corrected chi connectivity index (χ3v) is 6.94. The Labute approximate surface area is 199 Å². The summed E-state index contributed by atoms with van der Waals surface area (Å²) < 4.78 is 49.4. The highest BCUT2D eigenvalue weighted by molar-refractivity contribution is 5.65. The van der Waals surface area contributed by atoms with Gasteiger partial charge in [0.1, 0.15) is 11.6 Å². The Morgan fingerprint density at radius 2 is 1.59 bits per heavy atom. The van der Waals surface area contributed by atoms with E-state index in [2.05, 4.69) is 0 Å². The summed E-state index contributed by atoms with van der Waals surface area (Å²) in [5.74, 6) is -1.04. The second-order valence-corrected chi connectivity index (χ2v) is 9.11. The second-order valence-electron chi connectivity index (χ2n) is 9.11. The molecule has 2 nitrogen and oxygen atoms in total. The molecule has 0 spiro atoms. The third-order valence-electron chi connectivity index (χ3n) is 6.94. The molecular formula is C29H31F3O2. The van der Waals surface area contributed by atoms with Gasteiger partial charge in [0.05, 0.1) is 6.61 Å². The van der Waals surface area contributed by atoms with E-state index in [-0.39, 0.29) is 24.3 Å². The molecule has 1 saturated carbocycles. The van der Waals surface area contributed by atoms with Crippen molar-refractivity contribution < 1.29 is 23.0 Å². The van der Waals surface area contributed by atoms with Crippen molar-refractivity contribution in [2.24, 2.45) is 5.92 Å². The van der Waals surface area contributed by atoms with Gasteiger partial charge < -0.3 is 9.84 Å². The summed E-state index contributed by atoms with van der Waals surface area (Å²) in [5, 5.41) is 9.29. The van der Waals surface area contributed by atoms with Gasteiger partial charge >= 0.3 is 0 Å². The van der Waals surface area contributed by atoms with Crippen LogP contribution in [0.2, 0.25) is 0 Å². The van der Waals surface area contributed by atoms with Crippen molar-refractivity contribution in [3.05, 3.63) is 88.7 Å². The Kier molecular flexibility index (Phi) is 7.94. The van der Waals surface area contributed by atoms with Crippen molar-refractivity contribution in [3.8, 4) is 16.9 Å². The van der Waals surface area contributed by atoms with Crippen LogP contribution in [0.15, 0.2) is 54.6 Å². The topological polar surface area (TPSA) is 29.5 Å². The van der Waals surface area contributed by atoms with Gasteiger partial charge in [0.15, 0.2) is 11.6 Å². The van der Waals surface area contributed by atoms with E-state index in [0.29, 0.717) is 41.9 Å². The first-order chi connectivity index (χ1) is 16.5. The molecule has 180 valence electrons. The Hall–Kier alpha value is -2.79. The zero-order valence-electron chi connectivity index (χ0n) is 19.5. The van der Waals surface area contributed by atoms with E-state index in [9.17, 15) is 18.3 Å². The maximum Gasteiger partial charge on any atom is 0.162 e. The lowest BCUT2D eigenvalue weighted by Crippen LogP contribution is -2.17. The molecule has 1 aliphatic rings. The van der Waals surface area contributed by atoms with Gasteiger partial charge in [0.25, 0.3) is 0 Å². The van der Waals surface area contributed by atoms with E-state index in [1.807, 2.05) is 31.2 Å². The second kappa shape index (κ2) is 11.1. The minimum Gasteiger partial charge on any atom is -0.494 e. The average Bonchev–Trinajstić information content (AvgIpc) is 2.86. The summed E-state index contributed by atoms with van der Waals surface area (Å²) in [7, 11) is 0. The summed E-state index contributed by atoms with van der Waals surface area (Å²) in [6.45, 7) is 2.49. The zero-order chi connectivity index (χ0) is 24.1. The van der Waals surface area contributed by atoms with Gasteiger partial charge in [0, 0.05) is 18.2 Å². The third kappa shape index (κ3) is 5.47. The van der Waals surface area contributed by atoms with Crippen molar-refractivity contribution >= 4 is 0 Å². The standard InChI is InChI=1S/C29H31F3O2/c1-2-34-24-14-16-25(27(30)17-24)21-8-3-19(4-9-21)5-12-23-13-15-26(29(32)28(23)31)22-10-6-20(18-33)7-11-22/h3-4,8-9,13-17,20,22,33H,2,5-7,10-12,18H2,1H3. The molecule has 3 aromatic rings. The van der Waals surface area contributed by atoms with Crippen LogP contribution >= 0.6 is 0 Å². The number of hydrogen-bond acceptors (Lipinski definition) is 2. The number of aliphatic hydroxyl groups excluding tert-OH is 1. The van der Waals surface area contributed by atoms with Crippen LogP contribution < -0.4 is 4.74 Å². The molecule has 0 unspecified atom stereocenters. The van der Waals surface area contributed by atoms with Crippen molar-refractivity contribution in [2.75, 3.05) is 13.2 Å². The van der Waals surface area contributed by atoms with Gasteiger partial charge in [-0.3, -0.25) is 0 Å². The zero-order valence-corrected chi connectivity index (χ0v) is 19.5. The molecule has 3 aromatic carbocycles. The fourth-order valence-corrected chi connectivity index (χ4v) is 4.89. The lowest BCUT2D eigenvalue weighted by molar-refractivity contribution is 0.181. The fraction of sp³-hybridized carbons (Fsp3) is 0.379. The van der Waals surface area contributed by atoms with Crippen LogP contribution in [0.3, 0.4) is 0 Å². The number of halogens is 3. The minimum absolute atomic E-state index is 0.0156. The summed E-state index contributed by atoms with van der Waals surface area (Å²) >= 11 is 0. The maximum atomic E-state index is 14.8. The summed E-state index contributed by atoms with van der Waals surface area (Å²) in [5.41, 5.74) is 3.04. The molecule has 5 heteroatoms. The van der Waals surface area contributed by atoms with Crippen molar-refractivity contribution in [3.63, 3.8) is 0 Å². The highest BCUT2D eigenvalue weighted by Gasteiger charge is 2.26. The maximum absolute atomic E-state index is 14.8. The van der Waals surface area contributed by atoms with E-state index >= 15 is 0 Å². The average molecular weight is 469 g/mol. The molecule has 0 heterocycles. The summed E-state index contributed by atoms with van der Waals surface area (Å²) in [4.78, 5) is 0. The smallest absolute Gasteiger partial charge is 0.162 e. The van der Waals surface area contributed by atoms with Crippen LogP contribution in [-0.4, -0.2) is 18.3 Å². The van der Waals surface area contributed by atoms with Gasteiger partial charge in [-0.2, -0.15) is 0 Å². The largest absolute Gasteiger partial charge is 0.494 e. The first-order valence-corrected chi connectivity index (χ1v) is 12.1. The molecule has 0 aromatic heterocycles. The highest BCUT2D eigenvalue weighted by atomic mass is 19.2. The minimum atomic E-state index is -0.755. The summed E-state index contributed by atoms with van der Waals surface area (Å²) in [6, 6.07) is 15.7.